The molecule has 3 aromatic rings. The second kappa shape index (κ2) is 7.30. The molecule has 1 fully saturated rings. The Morgan fingerprint density at radius 2 is 2.04 bits per heavy atom. The molecule has 8 nitrogen and oxygen atoms in total. The molecule has 0 atom stereocenters. The van der Waals surface area contributed by atoms with E-state index in [2.05, 4.69) is 20.3 Å². The first-order chi connectivity index (χ1) is 13.1. The smallest absolute Gasteiger partial charge is 0.274 e. The van der Waals surface area contributed by atoms with Crippen molar-refractivity contribution in [2.75, 3.05) is 13.1 Å². The van der Waals surface area contributed by atoms with Crippen LogP contribution < -0.4 is 0 Å². The first kappa shape index (κ1) is 17.4. The molecule has 0 aromatic carbocycles. The summed E-state index contributed by atoms with van der Waals surface area (Å²) in [4.78, 5) is 18.7. The lowest BCUT2D eigenvalue weighted by Crippen LogP contribution is -2.38. The molecule has 0 unspecified atom stereocenters. The van der Waals surface area contributed by atoms with Crippen LogP contribution in [0.25, 0.3) is 11.5 Å². The van der Waals surface area contributed by atoms with Crippen LogP contribution in [0.15, 0.2) is 35.0 Å². The maximum absolute atomic E-state index is 12.6. The van der Waals surface area contributed by atoms with Crippen LogP contribution in [0.2, 0.25) is 0 Å². The van der Waals surface area contributed by atoms with E-state index in [4.69, 9.17) is 4.42 Å². The number of hydrogen-bond donors (Lipinski definition) is 0. The molecule has 1 aliphatic rings. The molecule has 0 saturated carbocycles. The van der Waals surface area contributed by atoms with Crippen LogP contribution in [0.1, 0.15) is 47.8 Å². The van der Waals surface area contributed by atoms with Crippen LogP contribution >= 0.6 is 0 Å². The van der Waals surface area contributed by atoms with Crippen molar-refractivity contribution in [3.05, 3.63) is 47.9 Å². The molecular formula is C19H22N6O2. The molecule has 140 valence electrons. The molecule has 0 N–H and O–H groups in total. The number of aromatic nitrogens is 5. The third-order valence-corrected chi connectivity index (χ3v) is 4.91. The van der Waals surface area contributed by atoms with Crippen molar-refractivity contribution in [2.45, 2.75) is 39.2 Å². The third-order valence-electron chi connectivity index (χ3n) is 4.91. The highest BCUT2D eigenvalue weighted by Gasteiger charge is 2.28. The first-order valence-corrected chi connectivity index (χ1v) is 9.23. The van der Waals surface area contributed by atoms with Gasteiger partial charge in [0, 0.05) is 43.6 Å². The summed E-state index contributed by atoms with van der Waals surface area (Å²) in [6, 6.07) is 5.62. The van der Waals surface area contributed by atoms with Gasteiger partial charge >= 0.3 is 0 Å². The van der Waals surface area contributed by atoms with E-state index in [1.54, 1.807) is 16.9 Å². The Morgan fingerprint density at radius 1 is 1.22 bits per heavy atom. The van der Waals surface area contributed by atoms with Crippen molar-refractivity contribution >= 4 is 5.91 Å². The molecule has 1 amide bonds. The summed E-state index contributed by atoms with van der Waals surface area (Å²) < 4.78 is 7.63. The van der Waals surface area contributed by atoms with Crippen LogP contribution in [0.4, 0.5) is 0 Å². The Hall–Kier alpha value is -3.03. The average Bonchev–Trinajstić information content (AvgIpc) is 3.38. The van der Waals surface area contributed by atoms with E-state index in [0.29, 0.717) is 30.6 Å². The van der Waals surface area contributed by atoms with Crippen LogP contribution in [-0.2, 0) is 6.54 Å². The third kappa shape index (κ3) is 3.60. The molecule has 4 heterocycles. The van der Waals surface area contributed by atoms with E-state index in [1.807, 2.05) is 37.1 Å². The minimum absolute atomic E-state index is 0.0161. The van der Waals surface area contributed by atoms with E-state index >= 15 is 0 Å². The number of pyridine rings is 1. The Labute approximate surface area is 157 Å². The van der Waals surface area contributed by atoms with E-state index in [9.17, 15) is 4.79 Å². The number of nitrogens with zero attached hydrogens (tertiary/aromatic N) is 6. The molecule has 0 bridgehead atoms. The van der Waals surface area contributed by atoms with Crippen LogP contribution in [0.3, 0.4) is 0 Å². The molecule has 0 radical (unpaired) electrons. The van der Waals surface area contributed by atoms with E-state index in [-0.39, 0.29) is 11.8 Å². The Morgan fingerprint density at radius 3 is 2.70 bits per heavy atom. The summed E-state index contributed by atoms with van der Waals surface area (Å²) >= 11 is 0. The topological polar surface area (TPSA) is 89.9 Å². The molecule has 3 aromatic heterocycles. The number of aryl methyl sites for hydroxylation is 2. The predicted octanol–water partition coefficient (Wildman–Crippen LogP) is 2.68. The average molecular weight is 366 g/mol. The van der Waals surface area contributed by atoms with Crippen molar-refractivity contribution < 1.29 is 9.21 Å². The van der Waals surface area contributed by atoms with Crippen molar-refractivity contribution in [1.29, 1.82) is 0 Å². The second-order valence-corrected chi connectivity index (χ2v) is 6.76. The number of carbonyl (C=O) groups excluding carboxylic acids is 1. The SMILES string of the molecule is CCn1ccc(C(=O)N2CCC(c3nnc(-c4ccc(C)nc4)o3)CC2)n1. The number of amides is 1. The lowest BCUT2D eigenvalue weighted by Gasteiger charge is -2.29. The highest BCUT2D eigenvalue weighted by Crippen LogP contribution is 2.29. The molecular weight excluding hydrogens is 344 g/mol. The highest BCUT2D eigenvalue weighted by atomic mass is 16.4. The first-order valence-electron chi connectivity index (χ1n) is 9.23. The minimum Gasteiger partial charge on any atom is -0.420 e. The van der Waals surface area contributed by atoms with E-state index < -0.39 is 0 Å². The molecule has 1 saturated heterocycles. The fourth-order valence-corrected chi connectivity index (χ4v) is 3.25. The zero-order valence-corrected chi connectivity index (χ0v) is 15.5. The van der Waals surface area contributed by atoms with Gasteiger partial charge in [0.2, 0.25) is 11.8 Å². The van der Waals surface area contributed by atoms with Gasteiger partial charge < -0.3 is 9.32 Å². The van der Waals surface area contributed by atoms with Crippen LogP contribution in [-0.4, -0.2) is 48.9 Å². The van der Waals surface area contributed by atoms with Crippen LogP contribution in [0, 0.1) is 6.92 Å². The zero-order chi connectivity index (χ0) is 18.8. The van der Waals surface area contributed by atoms with Gasteiger partial charge in [-0.3, -0.25) is 14.5 Å². The largest absolute Gasteiger partial charge is 0.420 e. The van der Waals surface area contributed by atoms with Gasteiger partial charge in [0.05, 0.1) is 5.56 Å². The van der Waals surface area contributed by atoms with Gasteiger partial charge in [0.15, 0.2) is 0 Å². The Balaban J connectivity index is 1.39. The van der Waals surface area contributed by atoms with Gasteiger partial charge in [0.25, 0.3) is 5.91 Å². The second-order valence-electron chi connectivity index (χ2n) is 6.76. The number of rotatable bonds is 4. The monoisotopic (exact) mass is 366 g/mol. The van der Waals surface area contributed by atoms with Gasteiger partial charge in [-0.25, -0.2) is 0 Å². The van der Waals surface area contributed by atoms with Crippen LogP contribution in [0.5, 0.6) is 0 Å². The fourth-order valence-electron chi connectivity index (χ4n) is 3.25. The van der Waals surface area contributed by atoms with Crippen molar-refractivity contribution in [3.63, 3.8) is 0 Å². The molecule has 27 heavy (non-hydrogen) atoms. The summed E-state index contributed by atoms with van der Waals surface area (Å²) in [6.07, 6.45) is 5.17. The Kier molecular flexibility index (Phi) is 4.70. The maximum Gasteiger partial charge on any atom is 0.274 e. The lowest BCUT2D eigenvalue weighted by atomic mass is 9.96. The summed E-state index contributed by atoms with van der Waals surface area (Å²) in [5.41, 5.74) is 2.26. The van der Waals surface area contributed by atoms with Crippen molar-refractivity contribution in [3.8, 4) is 11.5 Å². The van der Waals surface area contributed by atoms with Gasteiger partial charge in [-0.2, -0.15) is 5.10 Å². The Bertz CT molecular complexity index is 922. The van der Waals surface area contributed by atoms with Crippen molar-refractivity contribution in [2.24, 2.45) is 0 Å². The van der Waals surface area contributed by atoms with E-state index in [1.165, 1.54) is 0 Å². The number of hydrogen-bond acceptors (Lipinski definition) is 6. The standard InChI is InChI=1S/C19H22N6O2/c1-3-25-11-8-16(23-25)19(26)24-9-6-14(7-10-24)17-21-22-18(27-17)15-5-4-13(2)20-12-15/h4-5,8,11-12,14H,3,6-7,9-10H2,1-2H3. The molecule has 8 heteroatoms. The van der Waals surface area contributed by atoms with Gasteiger partial charge in [0.1, 0.15) is 5.69 Å². The highest BCUT2D eigenvalue weighted by molar-refractivity contribution is 5.92. The predicted molar refractivity (Wildman–Crippen MR) is 98.0 cm³/mol. The normalized spacial score (nSPS) is 15.3. The maximum atomic E-state index is 12.6. The van der Waals surface area contributed by atoms with Gasteiger partial charge in [-0.05, 0) is 44.9 Å². The molecule has 4 rings (SSSR count). The minimum atomic E-state index is -0.0161. The molecule has 0 spiro atoms. The summed E-state index contributed by atoms with van der Waals surface area (Å²) in [7, 11) is 0. The van der Waals surface area contributed by atoms with E-state index in [0.717, 1.165) is 30.6 Å². The number of piperidine rings is 1. The summed E-state index contributed by atoms with van der Waals surface area (Å²) in [6.45, 7) is 6.01. The quantitative estimate of drug-likeness (QED) is 0.705. The van der Waals surface area contributed by atoms with Gasteiger partial charge in [-0.15, -0.1) is 10.2 Å². The van der Waals surface area contributed by atoms with Gasteiger partial charge in [-0.1, -0.05) is 0 Å². The summed E-state index contributed by atoms with van der Waals surface area (Å²) in [5.74, 6) is 1.27. The number of likely N-dealkylation sites (tertiary alicyclic amines) is 1. The number of carbonyl (C=O) groups is 1. The van der Waals surface area contributed by atoms with Crippen molar-refractivity contribution in [1.82, 2.24) is 29.9 Å². The molecule has 0 aliphatic carbocycles. The molecule has 1 aliphatic heterocycles. The zero-order valence-electron chi connectivity index (χ0n) is 15.5. The summed E-state index contributed by atoms with van der Waals surface area (Å²) in [5, 5.41) is 12.7. The lowest BCUT2D eigenvalue weighted by molar-refractivity contribution is 0.0699. The fraction of sp³-hybridized carbons (Fsp3) is 0.421.